The fraction of sp³-hybridized carbons (Fsp3) is 0.125. The first-order chi connectivity index (χ1) is 10.1. The van der Waals surface area contributed by atoms with Gasteiger partial charge in [0, 0.05) is 17.0 Å². The molecule has 3 aromatic rings. The summed E-state index contributed by atoms with van der Waals surface area (Å²) in [6, 6.07) is 12.7. The summed E-state index contributed by atoms with van der Waals surface area (Å²) >= 11 is 5.96. The molecule has 0 saturated heterocycles. The first-order valence-electron chi connectivity index (χ1n) is 6.49. The zero-order chi connectivity index (χ0) is 14.8. The van der Waals surface area contributed by atoms with Gasteiger partial charge < -0.3 is 9.63 Å². The maximum atomic E-state index is 9.54. The average molecular weight is 301 g/mol. The van der Waals surface area contributed by atoms with Crippen molar-refractivity contribution in [2.45, 2.75) is 13.3 Å². The maximum absolute atomic E-state index is 9.54. The van der Waals surface area contributed by atoms with Crippen molar-refractivity contribution in [3.8, 4) is 17.2 Å². The van der Waals surface area contributed by atoms with Crippen molar-refractivity contribution in [2.75, 3.05) is 0 Å². The van der Waals surface area contributed by atoms with Crippen molar-refractivity contribution >= 4 is 11.6 Å². The molecule has 0 spiro atoms. The van der Waals surface area contributed by atoms with Gasteiger partial charge in [0.15, 0.2) is 5.82 Å². The molecule has 3 rings (SSSR count). The third kappa shape index (κ3) is 3.06. The van der Waals surface area contributed by atoms with E-state index in [0.29, 0.717) is 23.2 Å². The lowest BCUT2D eigenvalue weighted by atomic mass is 10.1. The number of hydrogen-bond acceptors (Lipinski definition) is 4. The standard InChI is InChI=1S/C16H13ClN2O2/c1-10-7-12(5-6-14(10)20)16-18-15(19-21-16)9-11-3-2-4-13(17)8-11/h2-8,20H,9H2,1H3. The van der Waals surface area contributed by atoms with Gasteiger partial charge in [-0.15, -0.1) is 0 Å². The average Bonchev–Trinajstić information content (AvgIpc) is 2.90. The Hall–Kier alpha value is -2.33. The van der Waals surface area contributed by atoms with E-state index < -0.39 is 0 Å². The van der Waals surface area contributed by atoms with E-state index in [4.69, 9.17) is 16.1 Å². The molecule has 0 aliphatic carbocycles. The molecule has 5 heteroatoms. The SMILES string of the molecule is Cc1cc(-c2nc(Cc3cccc(Cl)c3)no2)ccc1O. The highest BCUT2D eigenvalue weighted by molar-refractivity contribution is 6.30. The zero-order valence-electron chi connectivity index (χ0n) is 11.4. The number of nitrogens with zero attached hydrogens (tertiary/aromatic N) is 2. The van der Waals surface area contributed by atoms with Gasteiger partial charge in [-0.2, -0.15) is 4.98 Å². The van der Waals surface area contributed by atoms with Crippen molar-refractivity contribution in [1.82, 2.24) is 10.1 Å². The highest BCUT2D eigenvalue weighted by Gasteiger charge is 2.10. The first-order valence-corrected chi connectivity index (χ1v) is 6.86. The number of phenols is 1. The molecule has 0 aliphatic rings. The molecule has 2 aromatic carbocycles. The van der Waals surface area contributed by atoms with Gasteiger partial charge in [-0.25, -0.2) is 0 Å². The van der Waals surface area contributed by atoms with Crippen LogP contribution in [0.3, 0.4) is 0 Å². The number of halogens is 1. The van der Waals surface area contributed by atoms with Gasteiger partial charge in [0.05, 0.1) is 0 Å². The third-order valence-electron chi connectivity index (χ3n) is 3.16. The van der Waals surface area contributed by atoms with E-state index in [2.05, 4.69) is 10.1 Å². The van der Waals surface area contributed by atoms with Gasteiger partial charge in [-0.05, 0) is 48.4 Å². The molecule has 0 atom stereocenters. The molecule has 21 heavy (non-hydrogen) atoms. The summed E-state index contributed by atoms with van der Waals surface area (Å²) in [6.07, 6.45) is 0.557. The van der Waals surface area contributed by atoms with Crippen LogP contribution in [0.15, 0.2) is 47.0 Å². The molecule has 106 valence electrons. The normalized spacial score (nSPS) is 10.8. The van der Waals surface area contributed by atoms with Crippen molar-refractivity contribution in [2.24, 2.45) is 0 Å². The molecule has 1 aromatic heterocycles. The van der Waals surface area contributed by atoms with Gasteiger partial charge in [0.1, 0.15) is 5.75 Å². The number of aromatic nitrogens is 2. The van der Waals surface area contributed by atoms with E-state index in [1.807, 2.05) is 37.3 Å². The Morgan fingerprint density at radius 3 is 2.81 bits per heavy atom. The Morgan fingerprint density at radius 1 is 1.19 bits per heavy atom. The largest absolute Gasteiger partial charge is 0.508 e. The summed E-state index contributed by atoms with van der Waals surface area (Å²) in [5.74, 6) is 1.28. The Labute approximate surface area is 127 Å². The smallest absolute Gasteiger partial charge is 0.257 e. The second-order valence-electron chi connectivity index (χ2n) is 4.82. The lowest BCUT2D eigenvalue weighted by Gasteiger charge is -1.99. The molecule has 4 nitrogen and oxygen atoms in total. The van der Waals surface area contributed by atoms with Crippen LogP contribution in [0.5, 0.6) is 5.75 Å². The number of phenolic OH excluding ortho intramolecular Hbond substituents is 1. The van der Waals surface area contributed by atoms with Crippen LogP contribution in [-0.4, -0.2) is 15.2 Å². The highest BCUT2D eigenvalue weighted by Crippen LogP contribution is 2.24. The van der Waals surface area contributed by atoms with Crippen molar-refractivity contribution in [3.63, 3.8) is 0 Å². The summed E-state index contributed by atoms with van der Waals surface area (Å²) in [4.78, 5) is 4.37. The third-order valence-corrected chi connectivity index (χ3v) is 3.40. The zero-order valence-corrected chi connectivity index (χ0v) is 12.1. The van der Waals surface area contributed by atoms with Crippen LogP contribution >= 0.6 is 11.6 Å². The molecule has 0 unspecified atom stereocenters. The molecule has 0 bridgehead atoms. The lowest BCUT2D eigenvalue weighted by Crippen LogP contribution is -1.90. The number of aryl methyl sites for hydroxylation is 1. The fourth-order valence-corrected chi connectivity index (χ4v) is 2.27. The van der Waals surface area contributed by atoms with Crippen LogP contribution in [0.2, 0.25) is 5.02 Å². The van der Waals surface area contributed by atoms with E-state index in [1.54, 1.807) is 12.1 Å². The van der Waals surface area contributed by atoms with Crippen molar-refractivity contribution in [3.05, 3.63) is 64.4 Å². The van der Waals surface area contributed by atoms with E-state index in [1.165, 1.54) is 0 Å². The summed E-state index contributed by atoms with van der Waals surface area (Å²) in [7, 11) is 0. The summed E-state index contributed by atoms with van der Waals surface area (Å²) < 4.78 is 5.27. The van der Waals surface area contributed by atoms with Gasteiger partial charge in [-0.3, -0.25) is 0 Å². The highest BCUT2D eigenvalue weighted by atomic mass is 35.5. The molecule has 1 N–H and O–H groups in total. The summed E-state index contributed by atoms with van der Waals surface area (Å²) in [5.41, 5.74) is 2.58. The van der Waals surface area contributed by atoms with Gasteiger partial charge in [0.2, 0.25) is 0 Å². The number of hydrogen-bond donors (Lipinski definition) is 1. The molecular formula is C16H13ClN2O2. The molecule has 0 radical (unpaired) electrons. The Balaban J connectivity index is 1.84. The van der Waals surface area contributed by atoms with Crippen LogP contribution in [0, 0.1) is 6.92 Å². The summed E-state index contributed by atoms with van der Waals surface area (Å²) in [6.45, 7) is 1.82. The van der Waals surface area contributed by atoms with Crippen LogP contribution in [0.25, 0.3) is 11.5 Å². The van der Waals surface area contributed by atoms with Crippen molar-refractivity contribution in [1.29, 1.82) is 0 Å². The quantitative estimate of drug-likeness (QED) is 0.794. The van der Waals surface area contributed by atoms with E-state index >= 15 is 0 Å². The fourth-order valence-electron chi connectivity index (χ4n) is 2.06. The minimum Gasteiger partial charge on any atom is -0.508 e. The van der Waals surface area contributed by atoms with Crippen LogP contribution in [0.4, 0.5) is 0 Å². The first kappa shape index (κ1) is 13.6. The molecular weight excluding hydrogens is 288 g/mol. The predicted octanol–water partition coefficient (Wildman–Crippen LogP) is 3.99. The minimum absolute atomic E-state index is 0.248. The van der Waals surface area contributed by atoms with Crippen LogP contribution in [0.1, 0.15) is 17.0 Å². The molecule has 0 saturated carbocycles. The number of rotatable bonds is 3. The number of aromatic hydroxyl groups is 1. The van der Waals surface area contributed by atoms with Crippen LogP contribution < -0.4 is 0 Å². The molecule has 0 amide bonds. The topological polar surface area (TPSA) is 59.2 Å². The molecule has 0 aliphatic heterocycles. The lowest BCUT2D eigenvalue weighted by molar-refractivity contribution is 0.423. The second-order valence-corrected chi connectivity index (χ2v) is 5.26. The Morgan fingerprint density at radius 2 is 2.05 bits per heavy atom. The maximum Gasteiger partial charge on any atom is 0.257 e. The van der Waals surface area contributed by atoms with Gasteiger partial charge in [0.25, 0.3) is 5.89 Å². The van der Waals surface area contributed by atoms with Crippen molar-refractivity contribution < 1.29 is 9.63 Å². The second kappa shape index (κ2) is 5.58. The summed E-state index contributed by atoms with van der Waals surface area (Å²) in [5, 5.41) is 14.2. The van der Waals surface area contributed by atoms with Gasteiger partial charge in [-0.1, -0.05) is 28.9 Å². The minimum atomic E-state index is 0.248. The Kier molecular flexibility index (Phi) is 3.62. The van der Waals surface area contributed by atoms with Gasteiger partial charge >= 0.3 is 0 Å². The monoisotopic (exact) mass is 300 g/mol. The van der Waals surface area contributed by atoms with Crippen LogP contribution in [-0.2, 0) is 6.42 Å². The van der Waals surface area contributed by atoms with E-state index in [9.17, 15) is 5.11 Å². The Bertz CT molecular complexity index is 783. The molecule has 1 heterocycles. The van der Waals surface area contributed by atoms with E-state index in [0.717, 1.165) is 16.7 Å². The predicted molar refractivity (Wildman–Crippen MR) is 80.4 cm³/mol. The number of benzene rings is 2. The van der Waals surface area contributed by atoms with E-state index in [-0.39, 0.29) is 5.75 Å². The molecule has 0 fully saturated rings.